The largest absolute Gasteiger partial charge is 0.457 e. The van der Waals surface area contributed by atoms with Gasteiger partial charge < -0.3 is 15.4 Å². The van der Waals surface area contributed by atoms with Crippen molar-refractivity contribution in [2.45, 2.75) is 6.17 Å². The van der Waals surface area contributed by atoms with Gasteiger partial charge in [0.05, 0.1) is 11.6 Å². The number of anilines is 2. The van der Waals surface area contributed by atoms with Gasteiger partial charge >= 0.3 is 0 Å². The highest BCUT2D eigenvalue weighted by Gasteiger charge is 2.26. The average molecular weight is 389 g/mol. The number of amides is 2. The number of carbonyl (C=O) groups is 2. The summed E-state index contributed by atoms with van der Waals surface area (Å²) in [7, 11) is 0. The fourth-order valence-electron chi connectivity index (χ4n) is 2.39. The predicted molar refractivity (Wildman–Crippen MR) is 106 cm³/mol. The highest BCUT2D eigenvalue weighted by molar-refractivity contribution is 6.13. The molecule has 0 aliphatic heterocycles. The second kappa shape index (κ2) is 9.15. The second-order valence-corrected chi connectivity index (χ2v) is 5.97. The fraction of sp³-hybridized carbons (Fsp3) is 0.0455. The third-order valence-electron chi connectivity index (χ3n) is 3.84. The summed E-state index contributed by atoms with van der Waals surface area (Å²) in [5.74, 6) is -0.985. The molecule has 3 aromatic rings. The minimum atomic E-state index is -2.40. The smallest absolute Gasteiger partial charge is 0.268 e. The third-order valence-corrected chi connectivity index (χ3v) is 3.84. The number of benzene rings is 3. The summed E-state index contributed by atoms with van der Waals surface area (Å²) in [6, 6.07) is 23.3. The van der Waals surface area contributed by atoms with E-state index in [2.05, 4.69) is 10.6 Å². The van der Waals surface area contributed by atoms with Gasteiger partial charge in [0.1, 0.15) is 11.5 Å². The summed E-state index contributed by atoms with van der Waals surface area (Å²) in [5, 5.41) is 13.4. The van der Waals surface area contributed by atoms with E-state index in [9.17, 15) is 14.0 Å². The topological polar surface area (TPSA) is 91.2 Å². The molecule has 3 rings (SSSR count). The minimum absolute atomic E-state index is 0.284. The molecule has 7 heteroatoms. The van der Waals surface area contributed by atoms with Crippen molar-refractivity contribution in [2.24, 2.45) is 0 Å². The van der Waals surface area contributed by atoms with Gasteiger partial charge in [-0.3, -0.25) is 9.59 Å². The zero-order valence-electron chi connectivity index (χ0n) is 15.1. The summed E-state index contributed by atoms with van der Waals surface area (Å²) in [4.78, 5) is 23.9. The first kappa shape index (κ1) is 19.6. The summed E-state index contributed by atoms with van der Waals surface area (Å²) in [5.41, 5.74) is 1.01. The van der Waals surface area contributed by atoms with Gasteiger partial charge in [-0.1, -0.05) is 18.2 Å². The van der Waals surface area contributed by atoms with Gasteiger partial charge in [-0.2, -0.15) is 5.26 Å². The minimum Gasteiger partial charge on any atom is -0.457 e. The molecule has 0 heterocycles. The standard InChI is InChI=1S/C22H16FN3O3/c23-20(21(27)25-16-8-6-15(14-24)7-9-16)22(28)26-17-10-12-19(13-11-17)29-18-4-2-1-3-5-18/h1-13,20H,(H,25,27)(H,26,28). The van der Waals surface area contributed by atoms with E-state index in [0.717, 1.165) is 0 Å². The van der Waals surface area contributed by atoms with E-state index in [1.54, 1.807) is 36.4 Å². The van der Waals surface area contributed by atoms with Crippen molar-refractivity contribution in [3.8, 4) is 17.6 Å². The lowest BCUT2D eigenvalue weighted by Crippen LogP contribution is -2.35. The van der Waals surface area contributed by atoms with E-state index in [0.29, 0.717) is 22.7 Å². The monoisotopic (exact) mass is 389 g/mol. The Bertz CT molecular complexity index is 1030. The molecule has 2 amide bonds. The van der Waals surface area contributed by atoms with Crippen molar-refractivity contribution in [1.82, 2.24) is 0 Å². The Labute approximate surface area is 166 Å². The Morgan fingerprint density at radius 3 is 1.79 bits per heavy atom. The summed E-state index contributed by atoms with van der Waals surface area (Å²) in [6.07, 6.45) is -2.40. The van der Waals surface area contributed by atoms with Crippen LogP contribution in [-0.2, 0) is 9.59 Å². The van der Waals surface area contributed by atoms with Crippen molar-refractivity contribution in [2.75, 3.05) is 10.6 Å². The lowest BCUT2D eigenvalue weighted by atomic mass is 10.2. The maximum atomic E-state index is 14.2. The van der Waals surface area contributed by atoms with E-state index < -0.39 is 18.0 Å². The molecule has 2 N–H and O–H groups in total. The van der Waals surface area contributed by atoms with Crippen LogP contribution in [-0.4, -0.2) is 18.0 Å². The SMILES string of the molecule is N#Cc1ccc(NC(=O)C(F)C(=O)Nc2ccc(Oc3ccccc3)cc2)cc1. The van der Waals surface area contributed by atoms with Crippen LogP contribution >= 0.6 is 0 Å². The van der Waals surface area contributed by atoms with Gasteiger partial charge in [0.2, 0.25) is 0 Å². The van der Waals surface area contributed by atoms with Crippen LogP contribution in [0.1, 0.15) is 5.56 Å². The van der Waals surface area contributed by atoms with Gasteiger partial charge in [0.15, 0.2) is 0 Å². The number of nitriles is 1. The quantitative estimate of drug-likeness (QED) is 0.616. The van der Waals surface area contributed by atoms with Crippen molar-refractivity contribution < 1.29 is 18.7 Å². The number of rotatable bonds is 6. The Morgan fingerprint density at radius 2 is 1.28 bits per heavy atom. The molecule has 0 aliphatic carbocycles. The molecule has 0 radical (unpaired) electrons. The molecule has 0 aromatic heterocycles. The van der Waals surface area contributed by atoms with E-state index in [1.807, 2.05) is 24.3 Å². The fourth-order valence-corrected chi connectivity index (χ4v) is 2.39. The molecule has 0 bridgehead atoms. The van der Waals surface area contributed by atoms with Crippen LogP contribution in [0.25, 0.3) is 0 Å². The number of nitrogens with one attached hydrogen (secondary N) is 2. The lowest BCUT2D eigenvalue weighted by Gasteiger charge is -2.11. The normalized spacial score (nSPS) is 11.0. The second-order valence-electron chi connectivity index (χ2n) is 5.97. The first-order valence-electron chi connectivity index (χ1n) is 8.64. The van der Waals surface area contributed by atoms with Crippen LogP contribution in [0.3, 0.4) is 0 Å². The zero-order chi connectivity index (χ0) is 20.6. The lowest BCUT2D eigenvalue weighted by molar-refractivity contribution is -0.130. The maximum Gasteiger partial charge on any atom is 0.268 e. The Kier molecular flexibility index (Phi) is 6.18. The van der Waals surface area contributed by atoms with E-state index in [-0.39, 0.29) is 5.69 Å². The molecule has 0 saturated heterocycles. The van der Waals surface area contributed by atoms with Crippen molar-refractivity contribution in [3.63, 3.8) is 0 Å². The van der Waals surface area contributed by atoms with Gasteiger partial charge in [-0.25, -0.2) is 4.39 Å². The number of hydrogen-bond donors (Lipinski definition) is 2. The number of alkyl halides is 1. The van der Waals surface area contributed by atoms with Crippen LogP contribution in [0.15, 0.2) is 78.9 Å². The van der Waals surface area contributed by atoms with Gasteiger partial charge in [-0.15, -0.1) is 0 Å². The molecule has 0 saturated carbocycles. The van der Waals surface area contributed by atoms with E-state index >= 15 is 0 Å². The molecular formula is C22H16FN3O3. The van der Waals surface area contributed by atoms with Crippen LogP contribution in [0.2, 0.25) is 0 Å². The van der Waals surface area contributed by atoms with Gasteiger partial charge in [0.25, 0.3) is 18.0 Å². The number of carbonyl (C=O) groups excluding carboxylic acids is 2. The number of hydrogen-bond acceptors (Lipinski definition) is 4. The van der Waals surface area contributed by atoms with Crippen LogP contribution in [0, 0.1) is 11.3 Å². The highest BCUT2D eigenvalue weighted by atomic mass is 19.1. The predicted octanol–water partition coefficient (Wildman–Crippen LogP) is 4.27. The first-order chi connectivity index (χ1) is 14.0. The number of para-hydroxylation sites is 1. The van der Waals surface area contributed by atoms with Crippen molar-refractivity contribution in [3.05, 3.63) is 84.4 Å². The Balaban J connectivity index is 1.55. The molecule has 144 valence electrons. The molecule has 0 aliphatic rings. The zero-order valence-corrected chi connectivity index (χ0v) is 15.1. The molecule has 6 nitrogen and oxygen atoms in total. The molecule has 1 atom stereocenters. The van der Waals surface area contributed by atoms with Crippen molar-refractivity contribution in [1.29, 1.82) is 5.26 Å². The molecule has 0 fully saturated rings. The first-order valence-corrected chi connectivity index (χ1v) is 8.64. The summed E-state index contributed by atoms with van der Waals surface area (Å²) in [6.45, 7) is 0. The molecule has 1 unspecified atom stereocenters. The average Bonchev–Trinajstić information content (AvgIpc) is 2.75. The van der Waals surface area contributed by atoms with Crippen LogP contribution in [0.4, 0.5) is 15.8 Å². The number of nitrogens with zero attached hydrogens (tertiary/aromatic N) is 1. The van der Waals surface area contributed by atoms with E-state index in [1.165, 1.54) is 24.3 Å². The third kappa shape index (κ3) is 5.40. The van der Waals surface area contributed by atoms with Gasteiger partial charge in [0, 0.05) is 11.4 Å². The molecular weight excluding hydrogens is 373 g/mol. The summed E-state index contributed by atoms with van der Waals surface area (Å²) < 4.78 is 19.8. The van der Waals surface area contributed by atoms with Gasteiger partial charge in [-0.05, 0) is 60.7 Å². The number of halogens is 1. The van der Waals surface area contributed by atoms with E-state index in [4.69, 9.17) is 10.00 Å². The molecule has 0 spiro atoms. The van der Waals surface area contributed by atoms with Crippen LogP contribution in [0.5, 0.6) is 11.5 Å². The Hall–Kier alpha value is -4.18. The Morgan fingerprint density at radius 1 is 0.793 bits per heavy atom. The molecule has 29 heavy (non-hydrogen) atoms. The summed E-state index contributed by atoms with van der Waals surface area (Å²) >= 11 is 0. The van der Waals surface area contributed by atoms with Crippen molar-refractivity contribution >= 4 is 23.2 Å². The van der Waals surface area contributed by atoms with Crippen LogP contribution < -0.4 is 15.4 Å². The molecule has 3 aromatic carbocycles. The number of ether oxygens (including phenoxy) is 1. The maximum absolute atomic E-state index is 14.2. The highest BCUT2D eigenvalue weighted by Crippen LogP contribution is 2.22.